The number of aromatic amines is 1. The van der Waals surface area contributed by atoms with Gasteiger partial charge in [-0.05, 0) is 42.8 Å². The van der Waals surface area contributed by atoms with Crippen molar-refractivity contribution in [3.8, 4) is 23.1 Å². The maximum absolute atomic E-state index is 14.0. The van der Waals surface area contributed by atoms with Gasteiger partial charge in [-0.15, -0.1) is 0 Å². The number of hydrogen-bond donors (Lipinski definition) is 3. The third kappa shape index (κ3) is 6.19. The number of ketones is 1. The van der Waals surface area contributed by atoms with Crippen molar-refractivity contribution in [1.82, 2.24) is 24.1 Å². The number of ether oxygens (including phenoxy) is 3. The van der Waals surface area contributed by atoms with E-state index in [0.29, 0.717) is 16.6 Å². The zero-order valence-electron chi connectivity index (χ0n) is 24.0. The highest BCUT2D eigenvalue weighted by Gasteiger charge is 2.27. The Kier molecular flexibility index (Phi) is 8.28. The molecular weight excluding hydrogens is 631 g/mol. The predicted molar refractivity (Wildman–Crippen MR) is 160 cm³/mol. The fraction of sp³-hybridized carbons (Fsp3) is 0.207. The molecule has 0 bridgehead atoms. The lowest BCUT2D eigenvalue weighted by molar-refractivity contribution is -0.0492. The number of aromatic nitrogens is 4. The smallest absolute Gasteiger partial charge is 0.387 e. The predicted octanol–water partition coefficient (Wildman–Crippen LogP) is 4.39. The van der Waals surface area contributed by atoms with Crippen LogP contribution >= 0.6 is 0 Å². The van der Waals surface area contributed by atoms with Crippen LogP contribution in [0.4, 0.5) is 24.7 Å². The van der Waals surface area contributed by atoms with Crippen LogP contribution < -0.4 is 19.9 Å². The monoisotopic (exact) mass is 657 g/mol. The molecule has 1 saturated heterocycles. The molecule has 6 rings (SSSR count). The van der Waals surface area contributed by atoms with Crippen molar-refractivity contribution >= 4 is 38.4 Å². The first-order chi connectivity index (χ1) is 22.0. The number of nitrogen functional groups attached to an aromatic ring is 1. The molecule has 0 saturated carbocycles. The number of benzene rings is 2. The summed E-state index contributed by atoms with van der Waals surface area (Å²) >= 11 is 0. The van der Waals surface area contributed by atoms with Gasteiger partial charge in [0.1, 0.15) is 5.82 Å². The van der Waals surface area contributed by atoms with Crippen LogP contribution in [0, 0.1) is 12.7 Å². The number of para-hydroxylation sites is 1. The van der Waals surface area contributed by atoms with Crippen molar-refractivity contribution in [2.75, 3.05) is 36.8 Å². The molecule has 0 unspecified atom stereocenters. The van der Waals surface area contributed by atoms with Gasteiger partial charge in [0.15, 0.2) is 17.3 Å². The van der Waals surface area contributed by atoms with Gasteiger partial charge < -0.3 is 24.9 Å². The average Bonchev–Trinajstić information content (AvgIpc) is 3.61. The summed E-state index contributed by atoms with van der Waals surface area (Å²) in [4.78, 5) is 20.6. The van der Waals surface area contributed by atoms with Crippen LogP contribution in [0.5, 0.6) is 17.4 Å². The zero-order valence-corrected chi connectivity index (χ0v) is 24.9. The number of carbonyl (C=O) groups excluding carboxylic acids is 1. The van der Waals surface area contributed by atoms with Crippen molar-refractivity contribution < 1.29 is 40.6 Å². The first kappa shape index (κ1) is 30.9. The van der Waals surface area contributed by atoms with E-state index in [2.05, 4.69) is 24.5 Å². The van der Waals surface area contributed by atoms with E-state index in [4.69, 9.17) is 15.2 Å². The van der Waals surface area contributed by atoms with Crippen LogP contribution in [0.3, 0.4) is 0 Å². The minimum Gasteiger partial charge on any atom is -0.436 e. The number of nitrogens with two attached hydrogens (primary N) is 1. The van der Waals surface area contributed by atoms with Crippen molar-refractivity contribution in [1.29, 1.82) is 0 Å². The molecule has 0 spiro atoms. The van der Waals surface area contributed by atoms with E-state index < -0.39 is 34.2 Å². The highest BCUT2D eigenvalue weighted by Crippen LogP contribution is 2.34. The number of morpholine rings is 1. The summed E-state index contributed by atoms with van der Waals surface area (Å²) in [6, 6.07) is 11.3. The van der Waals surface area contributed by atoms with Gasteiger partial charge in [0, 0.05) is 30.1 Å². The minimum absolute atomic E-state index is 0.00138. The number of carbonyl (C=O) groups is 1. The second-order valence-corrected chi connectivity index (χ2v) is 11.8. The molecule has 4 heterocycles. The summed E-state index contributed by atoms with van der Waals surface area (Å²) in [5.41, 5.74) is 7.43. The van der Waals surface area contributed by atoms with E-state index >= 15 is 0 Å². The number of anilines is 2. The maximum Gasteiger partial charge on any atom is 0.387 e. The van der Waals surface area contributed by atoms with E-state index in [0.717, 1.165) is 4.31 Å². The Morgan fingerprint density at radius 1 is 1.11 bits per heavy atom. The number of rotatable bonds is 10. The van der Waals surface area contributed by atoms with Gasteiger partial charge in [-0.2, -0.15) is 26.6 Å². The summed E-state index contributed by atoms with van der Waals surface area (Å²) in [7, 11) is -4.13. The van der Waals surface area contributed by atoms with Crippen LogP contribution in [0.25, 0.3) is 16.6 Å². The molecule has 13 nitrogen and oxygen atoms in total. The molecule has 4 N–H and O–H groups in total. The first-order valence-corrected chi connectivity index (χ1v) is 15.2. The second kappa shape index (κ2) is 12.3. The van der Waals surface area contributed by atoms with Gasteiger partial charge >= 0.3 is 16.8 Å². The molecule has 1 fully saturated rings. The molecule has 240 valence electrons. The lowest BCUT2D eigenvalue weighted by Gasteiger charge is -2.26. The molecule has 17 heteroatoms. The van der Waals surface area contributed by atoms with Gasteiger partial charge in [-0.3, -0.25) is 9.52 Å². The maximum atomic E-state index is 14.0. The normalized spacial score (nSPS) is 14.1. The number of aryl methyl sites for hydroxylation is 1. The van der Waals surface area contributed by atoms with Crippen LogP contribution in [0.15, 0.2) is 60.9 Å². The van der Waals surface area contributed by atoms with E-state index in [1.54, 1.807) is 19.1 Å². The number of nitrogens with zero attached hydrogens (tertiary/aromatic N) is 4. The molecule has 0 radical (unpaired) electrons. The fourth-order valence-electron chi connectivity index (χ4n) is 4.86. The molecule has 0 amide bonds. The number of fused-ring (bicyclic) bond motifs is 1. The molecule has 1 aliphatic heterocycles. The van der Waals surface area contributed by atoms with Gasteiger partial charge in [0.05, 0.1) is 48.2 Å². The zero-order chi connectivity index (χ0) is 32.6. The largest absolute Gasteiger partial charge is 0.436 e. The highest BCUT2D eigenvalue weighted by atomic mass is 32.2. The molecule has 0 aliphatic carbocycles. The Balaban J connectivity index is 1.27. The standard InChI is InChI=1S/C29H26F3N7O6S/c1-16-10-26(44-24-5-3-2-4-19(24)30)34-15-23(16)39-28(33)18(14-35-39)27(40)22-11-17-12-25(45-29(31)32)21(13-20(17)36-22)37-46(41,42)38-6-8-43-9-7-38/h2-5,10-15,29,36-37H,6-9,33H2,1H3. The minimum atomic E-state index is -4.13. The average molecular weight is 658 g/mol. The molecule has 5 aromatic rings. The Morgan fingerprint density at radius 3 is 2.59 bits per heavy atom. The Hall–Kier alpha value is -5.13. The number of alkyl halides is 2. The lowest BCUT2D eigenvalue weighted by atomic mass is 10.1. The number of H-pyrrole nitrogens is 1. The van der Waals surface area contributed by atoms with Crippen molar-refractivity contribution in [2.24, 2.45) is 0 Å². The SMILES string of the molecule is Cc1cc(Oc2ccccc2F)ncc1-n1ncc(C(=O)c2cc3cc(OC(F)F)c(NS(=O)(=O)N4CCOCC4)cc3[nH]2)c1N. The van der Waals surface area contributed by atoms with E-state index in [1.165, 1.54) is 53.5 Å². The van der Waals surface area contributed by atoms with E-state index in [1.807, 2.05) is 0 Å². The van der Waals surface area contributed by atoms with Gasteiger partial charge in [-0.1, -0.05) is 12.1 Å². The molecule has 46 heavy (non-hydrogen) atoms. The molecule has 2 aromatic carbocycles. The van der Waals surface area contributed by atoms with Crippen LogP contribution in [-0.4, -0.2) is 71.2 Å². The van der Waals surface area contributed by atoms with Crippen molar-refractivity contribution in [3.05, 3.63) is 83.6 Å². The van der Waals surface area contributed by atoms with Crippen molar-refractivity contribution in [3.63, 3.8) is 0 Å². The summed E-state index contributed by atoms with van der Waals surface area (Å²) in [6.45, 7) is -0.968. The Bertz CT molecular complexity index is 2040. The molecule has 1 aliphatic rings. The van der Waals surface area contributed by atoms with Crippen molar-refractivity contribution in [2.45, 2.75) is 13.5 Å². The summed E-state index contributed by atoms with van der Waals surface area (Å²) in [6.07, 6.45) is 2.68. The highest BCUT2D eigenvalue weighted by molar-refractivity contribution is 7.90. The number of pyridine rings is 1. The van der Waals surface area contributed by atoms with Crippen LogP contribution in [-0.2, 0) is 14.9 Å². The molecule has 3 aromatic heterocycles. The van der Waals surface area contributed by atoms with Gasteiger partial charge in [0.2, 0.25) is 11.7 Å². The molecule has 0 atom stereocenters. The quantitative estimate of drug-likeness (QED) is 0.185. The number of nitrogens with one attached hydrogen (secondary N) is 2. The van der Waals surface area contributed by atoms with Crippen LogP contribution in [0.2, 0.25) is 0 Å². The summed E-state index contributed by atoms with van der Waals surface area (Å²) in [5.74, 6) is -1.44. The first-order valence-electron chi connectivity index (χ1n) is 13.7. The van der Waals surface area contributed by atoms with E-state index in [-0.39, 0.29) is 66.2 Å². The third-order valence-corrected chi connectivity index (χ3v) is 8.64. The molecular formula is C29H26F3N7O6S. The third-order valence-electron chi connectivity index (χ3n) is 7.12. The van der Waals surface area contributed by atoms with Gasteiger partial charge in [0.25, 0.3) is 0 Å². The Labute approximate surface area is 259 Å². The lowest BCUT2D eigenvalue weighted by Crippen LogP contribution is -2.43. The van der Waals surface area contributed by atoms with E-state index in [9.17, 15) is 26.4 Å². The summed E-state index contributed by atoms with van der Waals surface area (Å²) < 4.78 is 86.4. The number of hydrogen-bond acceptors (Lipinski definition) is 9. The number of halogens is 3. The second-order valence-electron chi connectivity index (χ2n) is 10.1. The Morgan fingerprint density at radius 2 is 1.87 bits per heavy atom. The summed E-state index contributed by atoms with van der Waals surface area (Å²) in [5, 5.41) is 4.54. The van der Waals surface area contributed by atoms with Gasteiger partial charge in [-0.25, -0.2) is 14.1 Å². The fourth-order valence-corrected chi connectivity index (χ4v) is 6.05. The topological polar surface area (TPSA) is 167 Å². The van der Waals surface area contributed by atoms with Crippen LogP contribution in [0.1, 0.15) is 21.6 Å².